The Morgan fingerprint density at radius 3 is 1.56 bits per heavy atom. The molecule has 2 aliphatic rings. The molecule has 6 aromatic rings. The molecule has 11 heteroatoms. The van der Waals surface area contributed by atoms with E-state index in [9.17, 15) is 10.1 Å². The Kier molecular flexibility index (Phi) is 11.9. The molecule has 0 aliphatic carbocycles. The van der Waals surface area contributed by atoms with Crippen LogP contribution in [0.5, 0.6) is 0 Å². The maximum Gasteiger partial charge on any atom is 0.228 e. The fourth-order valence-corrected chi connectivity index (χ4v) is 8.97. The van der Waals surface area contributed by atoms with E-state index in [4.69, 9.17) is 15.2 Å². The van der Waals surface area contributed by atoms with Gasteiger partial charge < -0.3 is 24.3 Å². The lowest BCUT2D eigenvalue weighted by Crippen LogP contribution is -2.45. The second-order valence-corrected chi connectivity index (χ2v) is 16.1. The monoisotopic (exact) mass is 768 g/mol. The first kappa shape index (κ1) is 38.2. The minimum absolute atomic E-state index is 0.266. The van der Waals surface area contributed by atoms with Crippen molar-refractivity contribution in [3.8, 4) is 17.4 Å². The minimum Gasteiger partial charge on any atom is -0.381 e. The van der Waals surface area contributed by atoms with Crippen molar-refractivity contribution in [1.82, 2.24) is 19.1 Å². The summed E-state index contributed by atoms with van der Waals surface area (Å²) in [6.07, 6.45) is 10.3. The largest absolute Gasteiger partial charge is 0.381 e. The first-order chi connectivity index (χ1) is 26.8. The van der Waals surface area contributed by atoms with Crippen LogP contribution in [0.15, 0.2) is 141 Å². The molecule has 2 saturated heterocycles. The quantitative estimate of drug-likeness (QED) is 0.155. The fourth-order valence-electron chi connectivity index (χ4n) is 7.22. The average molecular weight is 769 g/mol. The predicted molar refractivity (Wildman–Crippen MR) is 216 cm³/mol. The molecule has 2 aliphatic heterocycles. The van der Waals surface area contributed by atoms with Crippen molar-refractivity contribution < 1.29 is 14.3 Å². The molecular formula is C44H44N6O3S2. The van der Waals surface area contributed by atoms with Gasteiger partial charge in [0.2, 0.25) is 5.91 Å². The van der Waals surface area contributed by atoms with Gasteiger partial charge in [0.25, 0.3) is 0 Å². The zero-order valence-corrected chi connectivity index (χ0v) is 32.7. The molecule has 4 heterocycles. The van der Waals surface area contributed by atoms with Crippen LogP contribution in [0.3, 0.4) is 0 Å². The Bertz CT molecular complexity index is 2260. The van der Waals surface area contributed by atoms with E-state index in [0.29, 0.717) is 39.3 Å². The number of hydrogen-bond donors (Lipinski definition) is 1. The van der Waals surface area contributed by atoms with E-state index in [1.807, 2.05) is 44.6 Å². The smallest absolute Gasteiger partial charge is 0.228 e. The zero-order chi connectivity index (χ0) is 38.3. The first-order valence-electron chi connectivity index (χ1n) is 18.4. The first-order valence-corrected chi connectivity index (χ1v) is 20.1. The van der Waals surface area contributed by atoms with Gasteiger partial charge in [0.15, 0.2) is 0 Å². The summed E-state index contributed by atoms with van der Waals surface area (Å²) in [4.78, 5) is 25.4. The number of amides is 1. The normalized spacial score (nSPS) is 16.0. The second-order valence-electron chi connectivity index (χ2n) is 13.8. The van der Waals surface area contributed by atoms with E-state index >= 15 is 0 Å². The van der Waals surface area contributed by atoms with Crippen LogP contribution in [-0.2, 0) is 25.1 Å². The molecule has 0 atom stereocenters. The highest BCUT2D eigenvalue weighted by atomic mass is 32.2. The minimum atomic E-state index is -0.627. The molecule has 0 spiro atoms. The number of carbonyl (C=O) groups is 1. The van der Waals surface area contributed by atoms with E-state index in [0.717, 1.165) is 61.7 Å². The molecule has 2 fully saturated rings. The number of primary amides is 1. The van der Waals surface area contributed by atoms with Gasteiger partial charge in [0, 0.05) is 82.2 Å². The fraction of sp³-hybridized carbons (Fsp3) is 0.273. The maximum absolute atomic E-state index is 12.3. The second kappa shape index (κ2) is 17.1. The van der Waals surface area contributed by atoms with Gasteiger partial charge in [-0.2, -0.15) is 5.26 Å². The molecule has 2 N–H and O–H groups in total. The molecule has 280 valence electrons. The standard InChI is InChI=1S/C22H23N3O2S.C22H21N3OS/c1-16-24-11-12-25(16)18-5-7-19(8-6-18)28-20-4-2-3-17(15-20)22(21(23)26)9-13-27-14-10-22;1-17-24-11-12-25(17)19-5-7-20(8-6-19)27-21-4-2-3-18(15-21)22(16-23)9-13-26-14-10-22/h2-8,11-12,15H,9-10,13-14H2,1H3,(H2,23,26);2-8,11-12,15H,9-10,13-14H2,1H3. The number of nitriles is 1. The number of aromatic nitrogens is 4. The van der Waals surface area contributed by atoms with E-state index in [2.05, 4.69) is 110 Å². The summed E-state index contributed by atoms with van der Waals surface area (Å²) in [6, 6.07) is 36.0. The number of benzene rings is 4. The van der Waals surface area contributed by atoms with E-state index in [1.165, 1.54) is 4.90 Å². The van der Waals surface area contributed by atoms with Crippen LogP contribution >= 0.6 is 23.5 Å². The SMILES string of the molecule is Cc1nccn1-c1ccc(Sc2cccc(C3(C#N)CCOCC3)c2)cc1.Cc1nccn1-c1ccc(Sc2cccc(C3(C(N)=O)CCOCC3)c2)cc1. The maximum atomic E-state index is 12.3. The Morgan fingerprint density at radius 2 is 1.13 bits per heavy atom. The third-order valence-electron chi connectivity index (χ3n) is 10.5. The Balaban J connectivity index is 0.000000169. The molecule has 8 rings (SSSR count). The third kappa shape index (κ3) is 8.58. The van der Waals surface area contributed by atoms with Gasteiger partial charge in [-0.3, -0.25) is 4.79 Å². The summed E-state index contributed by atoms with van der Waals surface area (Å²) in [5.74, 6) is 1.67. The number of aryl methyl sites for hydroxylation is 2. The van der Waals surface area contributed by atoms with Crippen molar-refractivity contribution in [1.29, 1.82) is 5.26 Å². The number of imidazole rings is 2. The van der Waals surface area contributed by atoms with Gasteiger partial charge in [-0.1, -0.05) is 47.8 Å². The number of nitrogens with zero attached hydrogens (tertiary/aromatic N) is 5. The summed E-state index contributed by atoms with van der Waals surface area (Å²) >= 11 is 3.40. The van der Waals surface area contributed by atoms with Gasteiger partial charge in [0.05, 0.1) is 16.9 Å². The van der Waals surface area contributed by atoms with Crippen LogP contribution in [0.4, 0.5) is 0 Å². The summed E-state index contributed by atoms with van der Waals surface area (Å²) in [5, 5.41) is 9.80. The summed E-state index contributed by atoms with van der Waals surface area (Å²) in [7, 11) is 0. The highest BCUT2D eigenvalue weighted by Crippen LogP contribution is 2.39. The number of ether oxygens (including phenoxy) is 2. The zero-order valence-electron chi connectivity index (χ0n) is 31.1. The van der Waals surface area contributed by atoms with Crippen LogP contribution in [0.2, 0.25) is 0 Å². The van der Waals surface area contributed by atoms with Crippen molar-refractivity contribution in [2.45, 2.75) is 69.9 Å². The molecule has 0 saturated carbocycles. The van der Waals surface area contributed by atoms with Crippen molar-refractivity contribution in [2.24, 2.45) is 5.73 Å². The van der Waals surface area contributed by atoms with E-state index in [1.54, 1.807) is 29.7 Å². The third-order valence-corrected chi connectivity index (χ3v) is 12.5. The van der Waals surface area contributed by atoms with Crippen molar-refractivity contribution in [3.63, 3.8) is 0 Å². The van der Waals surface area contributed by atoms with E-state index < -0.39 is 10.8 Å². The molecular weight excluding hydrogens is 725 g/mol. The lowest BCUT2D eigenvalue weighted by molar-refractivity contribution is -0.127. The Hall–Kier alpha value is -5.12. The highest BCUT2D eigenvalue weighted by molar-refractivity contribution is 7.99. The van der Waals surface area contributed by atoms with E-state index in [-0.39, 0.29) is 5.91 Å². The molecule has 55 heavy (non-hydrogen) atoms. The van der Waals surface area contributed by atoms with Gasteiger partial charge >= 0.3 is 0 Å². The Labute approximate surface area is 330 Å². The number of carbonyl (C=O) groups excluding carboxylic acids is 1. The summed E-state index contributed by atoms with van der Waals surface area (Å²) < 4.78 is 15.0. The van der Waals surface area contributed by atoms with Crippen LogP contribution < -0.4 is 5.73 Å². The molecule has 2 aromatic heterocycles. The highest BCUT2D eigenvalue weighted by Gasteiger charge is 2.40. The molecule has 0 unspecified atom stereocenters. The van der Waals surface area contributed by atoms with Gasteiger partial charge in [0.1, 0.15) is 11.6 Å². The van der Waals surface area contributed by atoms with Crippen LogP contribution in [0.25, 0.3) is 11.4 Å². The van der Waals surface area contributed by atoms with Gasteiger partial charge in [-0.05, 0) is 123 Å². The summed E-state index contributed by atoms with van der Waals surface area (Å²) in [6.45, 7) is 6.42. The van der Waals surface area contributed by atoms with Crippen molar-refractivity contribution in [2.75, 3.05) is 26.4 Å². The van der Waals surface area contributed by atoms with Crippen LogP contribution in [0, 0.1) is 25.2 Å². The van der Waals surface area contributed by atoms with Gasteiger partial charge in [-0.25, -0.2) is 9.97 Å². The molecule has 0 radical (unpaired) electrons. The summed E-state index contributed by atoms with van der Waals surface area (Å²) in [5.41, 5.74) is 9.03. The van der Waals surface area contributed by atoms with Crippen LogP contribution in [-0.4, -0.2) is 51.4 Å². The molecule has 0 bridgehead atoms. The number of rotatable bonds is 9. The predicted octanol–water partition coefficient (Wildman–Crippen LogP) is 8.77. The van der Waals surface area contributed by atoms with Crippen molar-refractivity contribution >= 4 is 29.4 Å². The lowest BCUT2D eigenvalue weighted by Gasteiger charge is -2.34. The Morgan fingerprint density at radius 1 is 0.673 bits per heavy atom. The molecule has 1 amide bonds. The molecule has 4 aromatic carbocycles. The average Bonchev–Trinajstić information content (AvgIpc) is 3.87. The lowest BCUT2D eigenvalue weighted by atomic mass is 9.73. The van der Waals surface area contributed by atoms with Gasteiger partial charge in [-0.15, -0.1) is 0 Å². The van der Waals surface area contributed by atoms with Crippen LogP contribution in [0.1, 0.15) is 48.5 Å². The number of hydrogen-bond acceptors (Lipinski definition) is 8. The van der Waals surface area contributed by atoms with Crippen molar-refractivity contribution in [3.05, 3.63) is 145 Å². The topological polar surface area (TPSA) is 121 Å². The molecule has 9 nitrogen and oxygen atoms in total. The number of nitrogens with two attached hydrogens (primary N) is 1.